The van der Waals surface area contributed by atoms with E-state index in [1.807, 2.05) is 18.2 Å². The van der Waals surface area contributed by atoms with E-state index >= 15 is 0 Å². The Balaban J connectivity index is 1.93. The molecule has 1 aliphatic rings. The number of primary amides is 1. The van der Waals surface area contributed by atoms with Crippen molar-refractivity contribution >= 4 is 11.8 Å². The Morgan fingerprint density at radius 1 is 1.38 bits per heavy atom. The molecule has 7 nitrogen and oxygen atoms in total. The molecule has 0 atom stereocenters. The van der Waals surface area contributed by atoms with E-state index in [2.05, 4.69) is 29.5 Å². The molecule has 1 aromatic carbocycles. The first-order valence-electron chi connectivity index (χ1n) is 8.85. The number of ether oxygens (including phenoxy) is 2. The lowest BCUT2D eigenvalue weighted by atomic mass is 10.1. The zero-order valence-corrected chi connectivity index (χ0v) is 15.7. The van der Waals surface area contributed by atoms with E-state index in [-0.39, 0.29) is 12.2 Å². The minimum absolute atomic E-state index is 0.267. The number of carbonyl (C=O) groups is 1. The smallest absolute Gasteiger partial charge is 0.266 e. The number of benzene rings is 1. The van der Waals surface area contributed by atoms with Crippen molar-refractivity contribution in [2.75, 3.05) is 20.2 Å². The lowest BCUT2D eigenvalue weighted by molar-refractivity contribution is -0.114. The van der Waals surface area contributed by atoms with Gasteiger partial charge in [0.15, 0.2) is 11.5 Å². The molecule has 4 N–H and O–H groups in total. The van der Waals surface area contributed by atoms with Gasteiger partial charge in [0.1, 0.15) is 5.70 Å². The Labute approximate surface area is 154 Å². The second-order valence-electron chi connectivity index (χ2n) is 6.58. The monoisotopic (exact) mass is 360 g/mol. The lowest BCUT2D eigenvalue weighted by Gasteiger charge is -2.17. The molecule has 0 aromatic heterocycles. The van der Waals surface area contributed by atoms with Gasteiger partial charge in [-0.25, -0.2) is 4.99 Å². The average molecular weight is 360 g/mol. The minimum atomic E-state index is -0.546. The maximum absolute atomic E-state index is 11.1. The van der Waals surface area contributed by atoms with E-state index in [1.165, 1.54) is 19.0 Å². The van der Waals surface area contributed by atoms with E-state index in [4.69, 9.17) is 15.2 Å². The van der Waals surface area contributed by atoms with Crippen LogP contribution >= 0.6 is 0 Å². The van der Waals surface area contributed by atoms with Crippen molar-refractivity contribution in [1.82, 2.24) is 10.6 Å². The molecule has 0 aliphatic carbocycles. The number of aliphatic imine (C=N–C) groups is 1. The number of methoxy groups -OCH3 is 1. The summed E-state index contributed by atoms with van der Waals surface area (Å²) in [6.45, 7) is 6.54. The van der Waals surface area contributed by atoms with Crippen LogP contribution < -0.4 is 25.8 Å². The highest BCUT2D eigenvalue weighted by molar-refractivity contribution is 5.94. The summed E-state index contributed by atoms with van der Waals surface area (Å²) >= 11 is 0. The number of carbonyl (C=O) groups excluding carboxylic acids is 1. The fourth-order valence-electron chi connectivity index (χ4n) is 2.51. The molecule has 0 bridgehead atoms. The van der Waals surface area contributed by atoms with Gasteiger partial charge in [-0.2, -0.15) is 0 Å². The summed E-state index contributed by atoms with van der Waals surface area (Å²) in [6.07, 6.45) is 3.76. The number of nitrogens with zero attached hydrogens (tertiary/aromatic N) is 1. The first-order valence-corrected chi connectivity index (χ1v) is 8.85. The van der Waals surface area contributed by atoms with E-state index in [9.17, 15) is 4.79 Å². The third kappa shape index (κ3) is 6.07. The molecule has 2 rings (SSSR count). The van der Waals surface area contributed by atoms with Gasteiger partial charge in [-0.3, -0.25) is 4.79 Å². The Morgan fingerprint density at radius 3 is 2.81 bits per heavy atom. The normalized spacial score (nSPS) is 13.7. The molecule has 0 saturated heterocycles. The molecule has 1 aliphatic heterocycles. The van der Waals surface area contributed by atoms with Gasteiger partial charge in [-0.15, -0.1) is 0 Å². The number of nitrogens with two attached hydrogens (primary N) is 1. The van der Waals surface area contributed by atoms with E-state index in [1.54, 1.807) is 7.11 Å². The van der Waals surface area contributed by atoms with E-state index in [0.29, 0.717) is 17.4 Å². The number of rotatable bonds is 9. The summed E-state index contributed by atoms with van der Waals surface area (Å²) in [5, 5.41) is 6.31. The first-order chi connectivity index (χ1) is 12.5. The van der Waals surface area contributed by atoms with Crippen LogP contribution in [0.5, 0.6) is 11.5 Å². The Morgan fingerprint density at radius 2 is 2.19 bits per heavy atom. The van der Waals surface area contributed by atoms with Crippen LogP contribution in [0.1, 0.15) is 32.3 Å². The molecule has 1 aromatic rings. The van der Waals surface area contributed by atoms with E-state index in [0.717, 1.165) is 24.6 Å². The van der Waals surface area contributed by atoms with E-state index < -0.39 is 5.91 Å². The van der Waals surface area contributed by atoms with Crippen LogP contribution in [-0.2, 0) is 11.3 Å². The van der Waals surface area contributed by atoms with Gasteiger partial charge in [0, 0.05) is 6.54 Å². The maximum atomic E-state index is 11.1. The molecule has 0 saturated carbocycles. The third-order valence-corrected chi connectivity index (χ3v) is 3.95. The SMILES string of the molecule is COc1cc(CNCCCC(C)C)ccc1OC1=NC=C(C(N)=O)NC1. The summed E-state index contributed by atoms with van der Waals surface area (Å²) in [6, 6.07) is 5.81. The molecule has 7 heteroatoms. The van der Waals surface area contributed by atoms with Gasteiger partial charge in [-0.1, -0.05) is 19.9 Å². The highest BCUT2D eigenvalue weighted by Crippen LogP contribution is 2.28. The lowest BCUT2D eigenvalue weighted by Crippen LogP contribution is -2.34. The highest BCUT2D eigenvalue weighted by atomic mass is 16.5. The number of hydrogen-bond acceptors (Lipinski definition) is 6. The third-order valence-electron chi connectivity index (χ3n) is 3.95. The molecule has 1 amide bonds. The summed E-state index contributed by atoms with van der Waals surface area (Å²) < 4.78 is 11.2. The molecule has 0 spiro atoms. The molecular weight excluding hydrogens is 332 g/mol. The van der Waals surface area contributed by atoms with Crippen LogP contribution in [0.2, 0.25) is 0 Å². The minimum Gasteiger partial charge on any atom is -0.493 e. The molecule has 142 valence electrons. The topological polar surface area (TPSA) is 98.0 Å². The summed E-state index contributed by atoms with van der Waals surface area (Å²) in [4.78, 5) is 15.2. The van der Waals surface area contributed by atoms with Gasteiger partial charge in [-0.05, 0) is 43.0 Å². The summed E-state index contributed by atoms with van der Waals surface area (Å²) in [5.41, 5.74) is 6.59. The average Bonchev–Trinajstić information content (AvgIpc) is 2.62. The van der Waals surface area contributed by atoms with Crippen molar-refractivity contribution in [2.45, 2.75) is 33.2 Å². The van der Waals surface area contributed by atoms with Crippen LogP contribution in [0.25, 0.3) is 0 Å². The highest BCUT2D eigenvalue weighted by Gasteiger charge is 2.14. The van der Waals surface area contributed by atoms with Gasteiger partial charge >= 0.3 is 0 Å². The largest absolute Gasteiger partial charge is 0.493 e. The molecule has 1 heterocycles. The maximum Gasteiger partial charge on any atom is 0.266 e. The van der Waals surface area contributed by atoms with Crippen LogP contribution in [0.15, 0.2) is 35.1 Å². The van der Waals surface area contributed by atoms with Crippen molar-refractivity contribution in [3.8, 4) is 11.5 Å². The molecule has 0 radical (unpaired) electrons. The summed E-state index contributed by atoms with van der Waals surface area (Å²) in [7, 11) is 1.61. The van der Waals surface area contributed by atoms with Crippen molar-refractivity contribution in [3.63, 3.8) is 0 Å². The fourth-order valence-corrected chi connectivity index (χ4v) is 2.51. The predicted molar refractivity (Wildman–Crippen MR) is 102 cm³/mol. The zero-order valence-electron chi connectivity index (χ0n) is 15.7. The van der Waals surface area contributed by atoms with Crippen LogP contribution in [0.4, 0.5) is 0 Å². The van der Waals surface area contributed by atoms with Crippen LogP contribution in [0.3, 0.4) is 0 Å². The van der Waals surface area contributed by atoms with Crippen molar-refractivity contribution in [2.24, 2.45) is 16.6 Å². The molecule has 0 unspecified atom stereocenters. The predicted octanol–water partition coefficient (Wildman–Crippen LogP) is 1.93. The zero-order chi connectivity index (χ0) is 18.9. The second kappa shape index (κ2) is 9.82. The van der Waals surface area contributed by atoms with Crippen LogP contribution in [0, 0.1) is 5.92 Å². The van der Waals surface area contributed by atoms with Gasteiger partial charge in [0.2, 0.25) is 5.90 Å². The Hall–Kier alpha value is -2.54. The fraction of sp³-hybridized carbons (Fsp3) is 0.474. The van der Waals surface area contributed by atoms with Gasteiger partial charge in [0.25, 0.3) is 5.91 Å². The second-order valence-corrected chi connectivity index (χ2v) is 6.58. The standard InChI is InChI=1S/C19H28N4O3/c1-13(2)5-4-8-21-10-14-6-7-16(17(9-14)25-3)26-18-12-22-15(11-23-18)19(20)24/h6-7,9,11,13,21-22H,4-5,8,10,12H2,1-3H3,(H2,20,24). The quantitative estimate of drug-likeness (QED) is 0.585. The summed E-state index contributed by atoms with van der Waals surface area (Å²) in [5.74, 6) is 1.84. The molecule has 0 fully saturated rings. The van der Waals surface area contributed by atoms with Crippen molar-refractivity contribution < 1.29 is 14.3 Å². The number of hydrogen-bond donors (Lipinski definition) is 3. The molecular formula is C19H28N4O3. The Bertz CT molecular complexity index is 683. The van der Waals surface area contributed by atoms with Gasteiger partial charge < -0.3 is 25.8 Å². The first kappa shape index (κ1) is 19.8. The van der Waals surface area contributed by atoms with Crippen LogP contribution in [-0.4, -0.2) is 32.0 Å². The van der Waals surface area contributed by atoms with Crippen molar-refractivity contribution in [3.05, 3.63) is 35.7 Å². The molecule has 26 heavy (non-hydrogen) atoms. The number of amides is 1. The van der Waals surface area contributed by atoms with Gasteiger partial charge in [0.05, 0.1) is 19.9 Å². The number of nitrogens with one attached hydrogen (secondary N) is 2. The van der Waals surface area contributed by atoms with Crippen molar-refractivity contribution in [1.29, 1.82) is 0 Å². The Kier molecular flexibility index (Phi) is 7.47.